The van der Waals surface area contributed by atoms with E-state index in [1.165, 1.54) is 31.2 Å². The molecule has 1 rings (SSSR count). The fourth-order valence-corrected chi connectivity index (χ4v) is 2.32. The van der Waals surface area contributed by atoms with E-state index in [-0.39, 0.29) is 5.82 Å². The lowest BCUT2D eigenvalue weighted by Crippen LogP contribution is -2.23. The molecular formula is C17H29FN2. The van der Waals surface area contributed by atoms with E-state index in [4.69, 9.17) is 0 Å². The molecule has 1 unspecified atom stereocenters. The molecule has 0 bridgehead atoms. The zero-order valence-corrected chi connectivity index (χ0v) is 13.2. The van der Waals surface area contributed by atoms with Crippen molar-refractivity contribution in [2.75, 3.05) is 27.2 Å². The van der Waals surface area contributed by atoms with Gasteiger partial charge in [-0.2, -0.15) is 0 Å². The minimum atomic E-state index is -0.158. The van der Waals surface area contributed by atoms with Crippen molar-refractivity contribution >= 4 is 0 Å². The summed E-state index contributed by atoms with van der Waals surface area (Å²) in [5.74, 6) is -0.158. The summed E-state index contributed by atoms with van der Waals surface area (Å²) >= 11 is 0. The SMILES string of the molecule is CCCCC(NCCCCN(C)C)c1ccc(F)cc1. The van der Waals surface area contributed by atoms with E-state index in [9.17, 15) is 4.39 Å². The highest BCUT2D eigenvalue weighted by Gasteiger charge is 2.10. The fourth-order valence-electron chi connectivity index (χ4n) is 2.32. The minimum absolute atomic E-state index is 0.158. The Balaban J connectivity index is 2.41. The molecule has 0 aromatic heterocycles. The summed E-state index contributed by atoms with van der Waals surface area (Å²) in [5, 5.41) is 3.62. The molecule has 1 N–H and O–H groups in total. The van der Waals surface area contributed by atoms with Crippen LogP contribution in [0.4, 0.5) is 4.39 Å². The van der Waals surface area contributed by atoms with E-state index in [0.29, 0.717) is 6.04 Å². The van der Waals surface area contributed by atoms with Gasteiger partial charge >= 0.3 is 0 Å². The largest absolute Gasteiger partial charge is 0.310 e. The van der Waals surface area contributed by atoms with Gasteiger partial charge in [0.25, 0.3) is 0 Å². The Labute approximate surface area is 123 Å². The van der Waals surface area contributed by atoms with Crippen LogP contribution in [0.2, 0.25) is 0 Å². The van der Waals surface area contributed by atoms with Crippen molar-refractivity contribution in [2.24, 2.45) is 0 Å². The van der Waals surface area contributed by atoms with Crippen LogP contribution in [0.3, 0.4) is 0 Å². The molecule has 0 amide bonds. The highest BCUT2D eigenvalue weighted by molar-refractivity contribution is 5.19. The number of benzene rings is 1. The molecule has 0 aliphatic heterocycles. The average molecular weight is 280 g/mol. The maximum atomic E-state index is 13.0. The number of unbranched alkanes of at least 4 members (excludes halogenated alkanes) is 2. The second kappa shape index (κ2) is 9.89. The lowest BCUT2D eigenvalue weighted by molar-refractivity contribution is 0.385. The van der Waals surface area contributed by atoms with Crippen LogP contribution in [-0.2, 0) is 0 Å². The second-order valence-corrected chi connectivity index (χ2v) is 5.71. The number of nitrogens with one attached hydrogen (secondary N) is 1. The van der Waals surface area contributed by atoms with Crippen molar-refractivity contribution in [3.63, 3.8) is 0 Å². The predicted octanol–water partition coefficient (Wildman–Crippen LogP) is 3.99. The first-order valence-corrected chi connectivity index (χ1v) is 7.77. The van der Waals surface area contributed by atoms with Crippen molar-refractivity contribution in [2.45, 2.75) is 45.1 Å². The van der Waals surface area contributed by atoms with Crippen LogP contribution in [0.15, 0.2) is 24.3 Å². The third-order valence-corrected chi connectivity index (χ3v) is 3.54. The summed E-state index contributed by atoms with van der Waals surface area (Å²) in [4.78, 5) is 2.22. The van der Waals surface area contributed by atoms with Crippen LogP contribution < -0.4 is 5.32 Å². The summed E-state index contributed by atoms with van der Waals surface area (Å²) in [5.41, 5.74) is 1.20. The van der Waals surface area contributed by atoms with Gasteiger partial charge in [0.2, 0.25) is 0 Å². The van der Waals surface area contributed by atoms with Crippen LogP contribution >= 0.6 is 0 Å². The monoisotopic (exact) mass is 280 g/mol. The van der Waals surface area contributed by atoms with Gasteiger partial charge in [-0.25, -0.2) is 4.39 Å². The fraction of sp³-hybridized carbons (Fsp3) is 0.647. The Morgan fingerprint density at radius 2 is 1.80 bits per heavy atom. The maximum Gasteiger partial charge on any atom is 0.123 e. The van der Waals surface area contributed by atoms with Crippen LogP contribution in [-0.4, -0.2) is 32.1 Å². The number of rotatable bonds is 10. The number of halogens is 1. The second-order valence-electron chi connectivity index (χ2n) is 5.71. The molecule has 114 valence electrons. The van der Waals surface area contributed by atoms with Crippen LogP contribution in [0.25, 0.3) is 0 Å². The van der Waals surface area contributed by atoms with Crippen LogP contribution in [0.1, 0.15) is 50.6 Å². The van der Waals surface area contributed by atoms with E-state index in [0.717, 1.165) is 19.5 Å². The highest BCUT2D eigenvalue weighted by atomic mass is 19.1. The van der Waals surface area contributed by atoms with Crippen molar-refractivity contribution in [3.05, 3.63) is 35.6 Å². The predicted molar refractivity (Wildman–Crippen MR) is 84.5 cm³/mol. The Morgan fingerprint density at radius 3 is 2.40 bits per heavy atom. The van der Waals surface area contributed by atoms with Gasteiger partial charge in [-0.3, -0.25) is 0 Å². The molecule has 0 aliphatic carbocycles. The maximum absolute atomic E-state index is 13.0. The third kappa shape index (κ3) is 7.01. The first kappa shape index (κ1) is 17.1. The molecule has 2 nitrogen and oxygen atoms in total. The minimum Gasteiger partial charge on any atom is -0.310 e. The van der Waals surface area contributed by atoms with Crippen molar-refractivity contribution in [3.8, 4) is 0 Å². The lowest BCUT2D eigenvalue weighted by atomic mass is 10.0. The zero-order valence-electron chi connectivity index (χ0n) is 13.2. The number of nitrogens with zero attached hydrogens (tertiary/aromatic N) is 1. The Kier molecular flexibility index (Phi) is 8.47. The molecule has 0 saturated heterocycles. The molecule has 0 spiro atoms. The van der Waals surface area contributed by atoms with Gasteiger partial charge in [-0.05, 0) is 64.1 Å². The summed E-state index contributed by atoms with van der Waals surface area (Å²) in [7, 11) is 4.21. The summed E-state index contributed by atoms with van der Waals surface area (Å²) in [6.45, 7) is 4.37. The van der Waals surface area contributed by atoms with Gasteiger partial charge in [0.05, 0.1) is 0 Å². The molecule has 20 heavy (non-hydrogen) atoms. The van der Waals surface area contributed by atoms with Gasteiger partial charge in [0.15, 0.2) is 0 Å². The Bertz CT molecular complexity index is 349. The van der Waals surface area contributed by atoms with Crippen LogP contribution in [0, 0.1) is 5.82 Å². The highest BCUT2D eigenvalue weighted by Crippen LogP contribution is 2.19. The Morgan fingerprint density at radius 1 is 1.10 bits per heavy atom. The van der Waals surface area contributed by atoms with E-state index < -0.39 is 0 Å². The van der Waals surface area contributed by atoms with Crippen molar-refractivity contribution in [1.29, 1.82) is 0 Å². The summed E-state index contributed by atoms with van der Waals surface area (Å²) < 4.78 is 13.0. The Hall–Kier alpha value is -0.930. The van der Waals surface area contributed by atoms with E-state index in [1.54, 1.807) is 12.1 Å². The molecule has 0 fully saturated rings. The molecule has 1 aromatic rings. The lowest BCUT2D eigenvalue weighted by Gasteiger charge is -2.19. The van der Waals surface area contributed by atoms with E-state index in [1.807, 2.05) is 12.1 Å². The van der Waals surface area contributed by atoms with Gasteiger partial charge < -0.3 is 10.2 Å². The summed E-state index contributed by atoms with van der Waals surface area (Å²) in [6.07, 6.45) is 5.91. The van der Waals surface area contributed by atoms with Gasteiger partial charge in [0.1, 0.15) is 5.82 Å². The summed E-state index contributed by atoms with van der Waals surface area (Å²) in [6, 6.07) is 7.28. The molecule has 0 aliphatic rings. The first-order chi connectivity index (χ1) is 9.63. The molecule has 1 aromatic carbocycles. The molecule has 1 atom stereocenters. The molecule has 3 heteroatoms. The first-order valence-electron chi connectivity index (χ1n) is 7.77. The quantitative estimate of drug-likeness (QED) is 0.652. The smallest absolute Gasteiger partial charge is 0.123 e. The molecule has 0 heterocycles. The molecule has 0 radical (unpaired) electrons. The van der Waals surface area contributed by atoms with Crippen LogP contribution in [0.5, 0.6) is 0 Å². The number of hydrogen-bond donors (Lipinski definition) is 1. The normalized spacial score (nSPS) is 12.8. The third-order valence-electron chi connectivity index (χ3n) is 3.54. The van der Waals surface area contributed by atoms with Gasteiger partial charge in [0, 0.05) is 6.04 Å². The topological polar surface area (TPSA) is 15.3 Å². The van der Waals surface area contributed by atoms with E-state index >= 15 is 0 Å². The average Bonchev–Trinajstić information content (AvgIpc) is 2.42. The van der Waals surface area contributed by atoms with Gasteiger partial charge in [-0.15, -0.1) is 0 Å². The standard InChI is InChI=1S/C17H29FN2/c1-4-5-8-17(15-9-11-16(18)12-10-15)19-13-6-7-14-20(2)3/h9-12,17,19H,4-8,13-14H2,1-3H3. The molecule has 0 saturated carbocycles. The van der Waals surface area contributed by atoms with E-state index in [2.05, 4.69) is 31.2 Å². The van der Waals surface area contributed by atoms with Crippen molar-refractivity contribution < 1.29 is 4.39 Å². The number of hydrogen-bond acceptors (Lipinski definition) is 2. The zero-order chi connectivity index (χ0) is 14.8. The van der Waals surface area contributed by atoms with Crippen molar-refractivity contribution in [1.82, 2.24) is 10.2 Å². The van der Waals surface area contributed by atoms with Gasteiger partial charge in [-0.1, -0.05) is 31.9 Å². The molecular weight excluding hydrogens is 251 g/mol.